The van der Waals surface area contributed by atoms with Crippen molar-refractivity contribution in [2.24, 2.45) is 0 Å². The van der Waals surface area contributed by atoms with E-state index in [1.165, 1.54) is 0 Å². The lowest BCUT2D eigenvalue weighted by atomic mass is 10.7. The highest BCUT2D eigenvalue weighted by atomic mass is 32.3. The van der Waals surface area contributed by atoms with Crippen LogP contribution in [0, 0.1) is 0 Å². The van der Waals surface area contributed by atoms with Crippen LogP contribution in [0.25, 0.3) is 0 Å². The van der Waals surface area contributed by atoms with Crippen LogP contribution < -0.4 is 0 Å². The number of hydrogen-bond donors (Lipinski definition) is 0. The lowest BCUT2D eigenvalue weighted by Gasteiger charge is -2.25. The summed E-state index contributed by atoms with van der Waals surface area (Å²) >= 11 is -7.47. The van der Waals surface area contributed by atoms with E-state index in [-0.39, 0.29) is 29.8 Å². The summed E-state index contributed by atoms with van der Waals surface area (Å²) in [5.74, 6) is 0. The van der Waals surface area contributed by atoms with Crippen LogP contribution in [0.5, 0.6) is 0 Å². The van der Waals surface area contributed by atoms with E-state index in [0.29, 0.717) is 0 Å². The fraction of sp³-hybridized carbons (Fsp3) is 1.00. The third kappa shape index (κ3) is 19.6. The summed E-state index contributed by atoms with van der Waals surface area (Å²) in [5, 5.41) is -12.3. The van der Waals surface area contributed by atoms with Crippen molar-refractivity contribution in [3.05, 3.63) is 0 Å². The second kappa shape index (κ2) is 12.7. The molecule has 0 heterocycles. The summed E-state index contributed by atoms with van der Waals surface area (Å²) in [4.78, 5) is 0. The Morgan fingerprint density at radius 2 is 0.640 bits per heavy atom. The van der Waals surface area contributed by atoms with E-state index in [9.17, 15) is 55.6 Å². The molecule has 0 saturated heterocycles. The summed E-state index contributed by atoms with van der Waals surface area (Å²) in [5.41, 5.74) is 0. The Morgan fingerprint density at radius 3 is 0.720 bits per heavy atom. The molecule has 0 atom stereocenters. The third-order valence-electron chi connectivity index (χ3n) is 0.916. The Hall–Kier alpha value is -0.560. The summed E-state index contributed by atoms with van der Waals surface area (Å²) in [6, 6.07) is 0. The van der Waals surface area contributed by atoms with Crippen molar-refractivity contribution in [2.45, 2.75) is 22.9 Å². The molecular formula is C5H8F18S2. The van der Waals surface area contributed by atoms with Gasteiger partial charge in [0.15, 0.2) is 0 Å². The second-order valence-corrected chi connectivity index (χ2v) is 5.27. The van der Waals surface area contributed by atoms with E-state index in [4.69, 9.17) is 0 Å². The summed E-state index contributed by atoms with van der Waals surface area (Å²) in [7, 11) is 0. The molecule has 0 spiro atoms. The van der Waals surface area contributed by atoms with Crippen molar-refractivity contribution in [3.8, 4) is 0 Å². The molecule has 20 heteroatoms. The van der Waals surface area contributed by atoms with Gasteiger partial charge in [0.2, 0.25) is 11.2 Å². The fourth-order valence-electron chi connectivity index (χ4n) is 0.277. The van der Waals surface area contributed by atoms with Gasteiger partial charge < -0.3 is 0 Å². The highest BCUT2D eigenvalue weighted by molar-refractivity contribution is 8.20. The first kappa shape index (κ1) is 44.1. The monoisotopic (exact) mass is 474 g/mol. The van der Waals surface area contributed by atoms with E-state index in [2.05, 4.69) is 0 Å². The van der Waals surface area contributed by atoms with Gasteiger partial charge in [0.05, 0.1) is 0 Å². The van der Waals surface area contributed by atoms with Gasteiger partial charge in [-0.15, -0.1) is 11.7 Å². The molecule has 0 aromatic heterocycles. The normalized spacial score (nSPS) is 12.4. The average molecular weight is 474 g/mol. The minimum atomic E-state index is -6.48. The van der Waals surface area contributed by atoms with Crippen LogP contribution in [-0.4, -0.2) is 29.1 Å². The first-order valence-electron chi connectivity index (χ1n) is 3.67. The van der Waals surface area contributed by atoms with Crippen LogP contribution in [0.3, 0.4) is 0 Å². The number of rotatable bonds is 2. The van der Waals surface area contributed by atoms with Gasteiger partial charge in [-0.3, -0.25) is 23.5 Å². The van der Waals surface area contributed by atoms with Crippen molar-refractivity contribution in [2.75, 3.05) is 6.26 Å². The van der Waals surface area contributed by atoms with Gasteiger partial charge in [-0.05, 0) is 0 Å². The predicted molar refractivity (Wildman–Crippen MR) is 58.9 cm³/mol. The Morgan fingerprint density at radius 1 is 0.520 bits per heavy atom. The van der Waals surface area contributed by atoms with E-state index in [1.54, 1.807) is 0 Å². The smallest absolute Gasteiger partial charge is 0.269 e. The minimum absolute atomic E-state index is 0. The van der Waals surface area contributed by atoms with Crippen LogP contribution in [0.1, 0.15) is 0 Å². The highest BCUT2D eigenvalue weighted by Gasteiger charge is 2.70. The van der Waals surface area contributed by atoms with Crippen molar-refractivity contribution < 1.29 is 79.1 Å². The molecule has 0 unspecified atom stereocenters. The van der Waals surface area contributed by atoms with Crippen LogP contribution in [-0.2, 0) is 0 Å². The summed E-state index contributed by atoms with van der Waals surface area (Å²) < 4.78 is 146. The Balaban J connectivity index is -0.0000000576. The zero-order valence-corrected chi connectivity index (χ0v) is 12.4. The number of thioether (sulfide) groups is 1. The fourth-order valence-corrected chi connectivity index (χ4v) is 0.830. The van der Waals surface area contributed by atoms with E-state index < -0.39 is 45.8 Å². The maximum Gasteiger partial charge on any atom is 0.464 e. The molecule has 0 aliphatic rings. The lowest BCUT2D eigenvalue weighted by Crippen LogP contribution is -2.42. The summed E-state index contributed by atoms with van der Waals surface area (Å²) in [6.07, 6.45) is -12.7. The van der Waals surface area contributed by atoms with Gasteiger partial charge in [-0.2, -0.15) is 43.9 Å². The lowest BCUT2D eigenvalue weighted by molar-refractivity contribution is -0.255. The number of halogens is 18. The van der Waals surface area contributed by atoms with Crippen molar-refractivity contribution in [1.82, 2.24) is 0 Å². The highest BCUT2D eigenvalue weighted by Crippen LogP contribution is 2.55. The van der Waals surface area contributed by atoms with Gasteiger partial charge >= 0.3 is 22.9 Å². The molecule has 0 fully saturated rings. The van der Waals surface area contributed by atoms with E-state index >= 15 is 0 Å². The molecule has 0 rings (SSSR count). The van der Waals surface area contributed by atoms with Crippen LogP contribution in [0.4, 0.5) is 79.1 Å². The second-order valence-electron chi connectivity index (χ2n) is 2.77. The molecule has 0 nitrogen and oxygen atoms in total. The van der Waals surface area contributed by atoms with Gasteiger partial charge in [0, 0.05) is 18.0 Å². The topological polar surface area (TPSA) is 0 Å². The Labute approximate surface area is 132 Å². The SMILES string of the molecule is CS(F)(F)F.F.F.F.F.F.FC(F)(F)C(F)(F)SC(F)(F)C(F)(F)F. The summed E-state index contributed by atoms with van der Waals surface area (Å²) in [6.45, 7) is 0. The number of hydrogen-bond acceptors (Lipinski definition) is 1. The van der Waals surface area contributed by atoms with Gasteiger partial charge in [-0.25, -0.2) is 0 Å². The molecule has 0 N–H and O–H groups in total. The molecule has 0 aliphatic heterocycles. The molecular weight excluding hydrogens is 466 g/mol. The van der Waals surface area contributed by atoms with Gasteiger partial charge in [0.25, 0.3) is 0 Å². The molecule has 0 amide bonds. The Kier molecular flexibility index (Phi) is 22.5. The van der Waals surface area contributed by atoms with Crippen molar-refractivity contribution >= 4 is 22.9 Å². The van der Waals surface area contributed by atoms with Gasteiger partial charge in [0.1, 0.15) is 0 Å². The minimum Gasteiger partial charge on any atom is -0.269 e. The molecule has 166 valence electrons. The Bertz CT molecular complexity index is 268. The number of alkyl halides is 10. The molecule has 0 radical (unpaired) electrons. The molecule has 0 bridgehead atoms. The van der Waals surface area contributed by atoms with Gasteiger partial charge in [-0.1, -0.05) is 0 Å². The molecule has 0 saturated carbocycles. The van der Waals surface area contributed by atoms with E-state index in [0.717, 1.165) is 0 Å². The zero-order chi connectivity index (χ0) is 17.2. The van der Waals surface area contributed by atoms with Crippen LogP contribution >= 0.6 is 22.9 Å². The standard InChI is InChI=1S/C4F10S.CH3F3S.5FH/c5-1(6,7)3(11,12)15-4(13,14)2(8,9)10;1-5(2,3)4;;;;;/h;1H3;5*1H. The van der Waals surface area contributed by atoms with Crippen LogP contribution in [0.2, 0.25) is 0 Å². The molecule has 0 aromatic rings. The van der Waals surface area contributed by atoms with E-state index in [1.807, 2.05) is 0 Å². The van der Waals surface area contributed by atoms with Crippen LogP contribution in [0.15, 0.2) is 0 Å². The predicted octanol–water partition coefficient (Wildman–Crippen LogP) is 6.87. The first-order chi connectivity index (χ1) is 8.21. The molecule has 0 aromatic carbocycles. The maximum atomic E-state index is 11.8. The molecule has 25 heavy (non-hydrogen) atoms. The first-order valence-corrected chi connectivity index (χ1v) is 6.23. The maximum absolute atomic E-state index is 11.8. The van der Waals surface area contributed by atoms with Crippen molar-refractivity contribution in [1.29, 1.82) is 0 Å². The zero-order valence-electron chi connectivity index (χ0n) is 10.8. The largest absolute Gasteiger partial charge is 0.464 e. The molecule has 0 aliphatic carbocycles. The third-order valence-corrected chi connectivity index (χ3v) is 1.89. The quantitative estimate of drug-likeness (QED) is 0.394. The van der Waals surface area contributed by atoms with Crippen molar-refractivity contribution in [3.63, 3.8) is 0 Å². The average Bonchev–Trinajstić information content (AvgIpc) is 1.92.